The van der Waals surface area contributed by atoms with Crippen LogP contribution in [-0.2, 0) is 6.18 Å². The molecule has 7 heteroatoms. The summed E-state index contributed by atoms with van der Waals surface area (Å²) in [4.78, 5) is 5.43. The number of nitrogens with one attached hydrogen (secondary N) is 1. The van der Waals surface area contributed by atoms with Gasteiger partial charge in [0.25, 0.3) is 0 Å². The fraction of sp³-hybridized carbons (Fsp3) is 0.143. The van der Waals surface area contributed by atoms with Crippen molar-refractivity contribution in [2.75, 3.05) is 11.9 Å². The number of nitrogens with two attached hydrogens (primary N) is 1. The van der Waals surface area contributed by atoms with Crippen molar-refractivity contribution in [3.05, 3.63) is 53.7 Å². The molecule has 0 saturated carbocycles. The van der Waals surface area contributed by atoms with Crippen molar-refractivity contribution in [3.8, 4) is 0 Å². The second-order valence-electron chi connectivity index (χ2n) is 4.43. The third kappa shape index (κ3) is 3.31. The van der Waals surface area contributed by atoms with Gasteiger partial charge in [0, 0.05) is 24.5 Å². The maximum atomic E-state index is 12.5. The zero-order valence-corrected chi connectivity index (χ0v) is 11.1. The number of anilines is 2. The monoisotopic (exact) mass is 294 g/mol. The molecule has 4 nitrogen and oxygen atoms in total. The van der Waals surface area contributed by atoms with E-state index in [4.69, 9.17) is 11.1 Å². The van der Waals surface area contributed by atoms with Crippen LogP contribution < -0.4 is 10.6 Å². The van der Waals surface area contributed by atoms with Crippen molar-refractivity contribution in [1.29, 1.82) is 5.41 Å². The predicted octanol–water partition coefficient (Wildman–Crippen LogP) is 3.15. The normalized spacial score (nSPS) is 11.2. The average molecular weight is 294 g/mol. The molecule has 110 valence electrons. The largest absolute Gasteiger partial charge is 0.417 e. The molecule has 0 atom stereocenters. The van der Waals surface area contributed by atoms with E-state index in [1.54, 1.807) is 36.2 Å². The number of nitrogen functional groups attached to an aromatic ring is 1. The van der Waals surface area contributed by atoms with Crippen LogP contribution in [0.1, 0.15) is 11.1 Å². The first kappa shape index (κ1) is 14.8. The topological polar surface area (TPSA) is 66.0 Å². The molecule has 0 unspecified atom stereocenters. The summed E-state index contributed by atoms with van der Waals surface area (Å²) in [6.07, 6.45) is -3.61. The van der Waals surface area contributed by atoms with Crippen LogP contribution in [0.15, 0.2) is 42.6 Å². The Bertz CT molecular complexity index is 650. The van der Waals surface area contributed by atoms with E-state index < -0.39 is 11.7 Å². The summed E-state index contributed by atoms with van der Waals surface area (Å²) < 4.78 is 37.5. The zero-order chi connectivity index (χ0) is 15.6. The molecule has 3 N–H and O–H groups in total. The maximum Gasteiger partial charge on any atom is 0.417 e. The lowest BCUT2D eigenvalue weighted by molar-refractivity contribution is -0.137. The second-order valence-corrected chi connectivity index (χ2v) is 4.43. The molecule has 0 spiro atoms. The third-order valence-electron chi connectivity index (χ3n) is 2.96. The molecule has 0 saturated heterocycles. The zero-order valence-electron chi connectivity index (χ0n) is 11.1. The smallest absolute Gasteiger partial charge is 0.384 e. The number of nitrogens with zero attached hydrogens (tertiary/aromatic N) is 2. The Balaban J connectivity index is 2.30. The Hall–Kier alpha value is -2.57. The molecule has 0 aliphatic rings. The fourth-order valence-electron chi connectivity index (χ4n) is 1.77. The molecule has 1 aromatic heterocycles. The average Bonchev–Trinajstić information content (AvgIpc) is 2.46. The standard InChI is InChI=1S/C14H13F3N4/c1-21(11-4-2-3-9(7-11)13(18)19)12-6-5-10(8-20-12)14(15,16)17/h2-8H,1H3,(H3,18,19). The third-order valence-corrected chi connectivity index (χ3v) is 2.96. The van der Waals surface area contributed by atoms with Gasteiger partial charge in [-0.05, 0) is 24.3 Å². The number of aromatic nitrogens is 1. The van der Waals surface area contributed by atoms with Crippen LogP contribution in [0, 0.1) is 5.41 Å². The summed E-state index contributed by atoms with van der Waals surface area (Å²) in [5.74, 6) is 0.286. The van der Waals surface area contributed by atoms with Crippen LogP contribution in [0.3, 0.4) is 0 Å². The van der Waals surface area contributed by atoms with Crippen LogP contribution >= 0.6 is 0 Å². The van der Waals surface area contributed by atoms with Gasteiger partial charge in [-0.3, -0.25) is 5.41 Å². The van der Waals surface area contributed by atoms with E-state index in [-0.39, 0.29) is 5.84 Å². The lowest BCUT2D eigenvalue weighted by Crippen LogP contribution is -2.15. The molecule has 0 aliphatic heterocycles. The first-order valence-electron chi connectivity index (χ1n) is 6.00. The van der Waals surface area contributed by atoms with Gasteiger partial charge in [-0.2, -0.15) is 13.2 Å². The number of alkyl halides is 3. The maximum absolute atomic E-state index is 12.5. The minimum atomic E-state index is -4.40. The molecule has 0 radical (unpaired) electrons. The quantitative estimate of drug-likeness (QED) is 0.675. The van der Waals surface area contributed by atoms with Gasteiger partial charge in [-0.1, -0.05) is 12.1 Å². The fourth-order valence-corrected chi connectivity index (χ4v) is 1.77. The second kappa shape index (κ2) is 5.43. The summed E-state index contributed by atoms with van der Waals surface area (Å²) >= 11 is 0. The molecular weight excluding hydrogens is 281 g/mol. The first-order chi connectivity index (χ1) is 9.79. The van der Waals surface area contributed by atoms with Gasteiger partial charge in [-0.25, -0.2) is 4.98 Å². The van der Waals surface area contributed by atoms with Crippen LogP contribution in [0.2, 0.25) is 0 Å². The Kier molecular flexibility index (Phi) is 3.84. The molecule has 0 fully saturated rings. The van der Waals surface area contributed by atoms with E-state index in [0.717, 1.165) is 12.3 Å². The number of benzene rings is 1. The highest BCUT2D eigenvalue weighted by atomic mass is 19.4. The van der Waals surface area contributed by atoms with Crippen LogP contribution in [0.25, 0.3) is 0 Å². The summed E-state index contributed by atoms with van der Waals surface area (Å²) in [6, 6.07) is 9.09. The van der Waals surface area contributed by atoms with Gasteiger partial charge >= 0.3 is 6.18 Å². The summed E-state index contributed by atoms with van der Waals surface area (Å²) in [7, 11) is 1.68. The molecular formula is C14H13F3N4. The SMILES string of the molecule is CN(c1cccc(C(=N)N)c1)c1ccc(C(F)(F)F)cn1. The highest BCUT2D eigenvalue weighted by Gasteiger charge is 2.30. The summed E-state index contributed by atoms with van der Waals surface area (Å²) in [5, 5.41) is 7.39. The van der Waals surface area contributed by atoms with Crippen LogP contribution in [0.5, 0.6) is 0 Å². The number of pyridine rings is 1. The van der Waals surface area contributed by atoms with Crippen molar-refractivity contribution in [3.63, 3.8) is 0 Å². The van der Waals surface area contributed by atoms with Crippen LogP contribution in [0.4, 0.5) is 24.7 Å². The van der Waals surface area contributed by atoms with E-state index in [1.807, 2.05) is 0 Å². The van der Waals surface area contributed by atoms with Crippen molar-refractivity contribution >= 4 is 17.3 Å². The minimum Gasteiger partial charge on any atom is -0.384 e. The molecule has 2 aromatic rings. The lowest BCUT2D eigenvalue weighted by atomic mass is 10.1. The molecule has 0 amide bonds. The number of rotatable bonds is 3. The molecule has 0 aliphatic carbocycles. The van der Waals surface area contributed by atoms with E-state index in [2.05, 4.69) is 4.98 Å². The Morgan fingerprint density at radius 3 is 2.48 bits per heavy atom. The first-order valence-corrected chi connectivity index (χ1v) is 6.00. The van der Waals surface area contributed by atoms with Crippen molar-refractivity contribution in [2.24, 2.45) is 5.73 Å². The molecule has 2 rings (SSSR count). The van der Waals surface area contributed by atoms with E-state index in [1.165, 1.54) is 6.07 Å². The van der Waals surface area contributed by atoms with E-state index in [9.17, 15) is 13.2 Å². The summed E-state index contributed by atoms with van der Waals surface area (Å²) in [5.41, 5.74) is 5.83. The van der Waals surface area contributed by atoms with Gasteiger partial charge in [0.15, 0.2) is 0 Å². The number of amidine groups is 1. The summed E-state index contributed by atoms with van der Waals surface area (Å²) in [6.45, 7) is 0. The molecule has 0 bridgehead atoms. The van der Waals surface area contributed by atoms with Crippen LogP contribution in [-0.4, -0.2) is 17.9 Å². The molecule has 21 heavy (non-hydrogen) atoms. The van der Waals surface area contributed by atoms with Gasteiger partial charge in [0.1, 0.15) is 11.7 Å². The highest BCUT2D eigenvalue weighted by molar-refractivity contribution is 5.96. The minimum absolute atomic E-state index is 0.0781. The van der Waals surface area contributed by atoms with E-state index >= 15 is 0 Å². The Labute approximate surface area is 119 Å². The van der Waals surface area contributed by atoms with Gasteiger partial charge in [-0.15, -0.1) is 0 Å². The number of hydrogen-bond acceptors (Lipinski definition) is 3. The van der Waals surface area contributed by atoms with Crippen molar-refractivity contribution < 1.29 is 13.2 Å². The Morgan fingerprint density at radius 2 is 1.95 bits per heavy atom. The van der Waals surface area contributed by atoms with Gasteiger partial charge < -0.3 is 10.6 Å². The van der Waals surface area contributed by atoms with Gasteiger partial charge in [0.05, 0.1) is 5.56 Å². The Morgan fingerprint density at radius 1 is 1.24 bits per heavy atom. The van der Waals surface area contributed by atoms with E-state index in [0.29, 0.717) is 17.1 Å². The predicted molar refractivity (Wildman–Crippen MR) is 74.8 cm³/mol. The highest BCUT2D eigenvalue weighted by Crippen LogP contribution is 2.30. The number of hydrogen-bond donors (Lipinski definition) is 2. The lowest BCUT2D eigenvalue weighted by Gasteiger charge is -2.19. The van der Waals surface area contributed by atoms with Gasteiger partial charge in [0.2, 0.25) is 0 Å². The molecule has 1 aromatic carbocycles. The van der Waals surface area contributed by atoms with Crippen molar-refractivity contribution in [2.45, 2.75) is 6.18 Å². The number of halogens is 3. The molecule has 1 heterocycles. The van der Waals surface area contributed by atoms with Crippen molar-refractivity contribution in [1.82, 2.24) is 4.98 Å².